The van der Waals surface area contributed by atoms with Crippen LogP contribution in [0.5, 0.6) is 0 Å². The number of nitrogens with zero attached hydrogens (tertiary/aromatic N) is 1. The molecule has 1 fully saturated rings. The van der Waals surface area contributed by atoms with Gasteiger partial charge in [0, 0.05) is 12.6 Å². The maximum Gasteiger partial charge on any atom is 0.322 e. The van der Waals surface area contributed by atoms with E-state index in [1.165, 1.54) is 39.2 Å². The summed E-state index contributed by atoms with van der Waals surface area (Å²) in [5.74, 6) is -0.297. The number of ether oxygens (including phenoxy) is 1. The lowest BCUT2D eigenvalue weighted by Crippen LogP contribution is -2.43. The van der Waals surface area contributed by atoms with Crippen molar-refractivity contribution in [2.75, 3.05) is 20.2 Å². The molecule has 1 saturated heterocycles. The van der Waals surface area contributed by atoms with E-state index < -0.39 is 6.04 Å². The monoisotopic (exact) mass is 242 g/mol. The summed E-state index contributed by atoms with van der Waals surface area (Å²) in [5.41, 5.74) is 5.76. The standard InChI is InChI=1S/C13H26N2O2/c1-3-6-11-7-4-5-9-15(11)10-8-12(14)13(16)17-2/h11-12H,3-10,14H2,1-2H3. The maximum absolute atomic E-state index is 11.2. The molecule has 0 aliphatic carbocycles. The number of rotatable bonds is 6. The average molecular weight is 242 g/mol. The molecule has 0 amide bonds. The third-order valence-corrected chi connectivity index (χ3v) is 3.60. The van der Waals surface area contributed by atoms with Crippen LogP contribution in [0.15, 0.2) is 0 Å². The molecule has 4 nitrogen and oxygen atoms in total. The van der Waals surface area contributed by atoms with Gasteiger partial charge in [-0.05, 0) is 32.2 Å². The number of esters is 1. The lowest BCUT2D eigenvalue weighted by Gasteiger charge is -2.36. The van der Waals surface area contributed by atoms with Crippen LogP contribution < -0.4 is 5.73 Å². The van der Waals surface area contributed by atoms with Crippen molar-refractivity contribution in [3.05, 3.63) is 0 Å². The second kappa shape index (κ2) is 7.67. The molecule has 0 bridgehead atoms. The highest BCUT2D eigenvalue weighted by Gasteiger charge is 2.23. The summed E-state index contributed by atoms with van der Waals surface area (Å²) in [7, 11) is 1.39. The molecule has 1 rings (SSSR count). The van der Waals surface area contributed by atoms with Gasteiger partial charge in [0.05, 0.1) is 7.11 Å². The van der Waals surface area contributed by atoms with Crippen molar-refractivity contribution >= 4 is 5.97 Å². The summed E-state index contributed by atoms with van der Waals surface area (Å²) in [4.78, 5) is 13.7. The summed E-state index contributed by atoms with van der Waals surface area (Å²) < 4.78 is 4.64. The molecular formula is C13H26N2O2. The minimum Gasteiger partial charge on any atom is -0.468 e. The van der Waals surface area contributed by atoms with Gasteiger partial charge in [-0.2, -0.15) is 0 Å². The number of likely N-dealkylation sites (tertiary alicyclic amines) is 1. The molecule has 0 aromatic heterocycles. The molecule has 17 heavy (non-hydrogen) atoms. The summed E-state index contributed by atoms with van der Waals surface area (Å²) >= 11 is 0. The van der Waals surface area contributed by atoms with Gasteiger partial charge in [-0.3, -0.25) is 4.79 Å². The Kier molecular flexibility index (Phi) is 6.52. The lowest BCUT2D eigenvalue weighted by atomic mass is 9.97. The van der Waals surface area contributed by atoms with Crippen molar-refractivity contribution in [2.45, 2.75) is 57.5 Å². The fraction of sp³-hybridized carbons (Fsp3) is 0.923. The number of carbonyl (C=O) groups is 1. The van der Waals surface area contributed by atoms with Gasteiger partial charge in [0.25, 0.3) is 0 Å². The van der Waals surface area contributed by atoms with Crippen LogP contribution in [0.1, 0.15) is 45.4 Å². The van der Waals surface area contributed by atoms with Gasteiger partial charge >= 0.3 is 5.97 Å². The van der Waals surface area contributed by atoms with Gasteiger partial charge in [-0.1, -0.05) is 19.8 Å². The van der Waals surface area contributed by atoms with Crippen LogP contribution in [0.2, 0.25) is 0 Å². The smallest absolute Gasteiger partial charge is 0.322 e. The van der Waals surface area contributed by atoms with Crippen molar-refractivity contribution in [3.63, 3.8) is 0 Å². The Bertz CT molecular complexity index is 231. The van der Waals surface area contributed by atoms with E-state index >= 15 is 0 Å². The Morgan fingerprint density at radius 3 is 2.94 bits per heavy atom. The van der Waals surface area contributed by atoms with Crippen LogP contribution in [0.4, 0.5) is 0 Å². The molecule has 0 radical (unpaired) electrons. The first-order valence-electron chi connectivity index (χ1n) is 6.76. The van der Waals surface area contributed by atoms with Crippen molar-refractivity contribution in [1.29, 1.82) is 0 Å². The molecule has 2 unspecified atom stereocenters. The first-order chi connectivity index (χ1) is 8.19. The van der Waals surface area contributed by atoms with Gasteiger partial charge in [0.2, 0.25) is 0 Å². The SMILES string of the molecule is CCCC1CCCCN1CCC(N)C(=O)OC. The number of methoxy groups -OCH3 is 1. The molecular weight excluding hydrogens is 216 g/mol. The maximum atomic E-state index is 11.2. The van der Waals surface area contributed by atoms with Crippen molar-refractivity contribution < 1.29 is 9.53 Å². The minimum atomic E-state index is -0.468. The Balaban J connectivity index is 2.34. The number of nitrogens with two attached hydrogens (primary N) is 1. The largest absolute Gasteiger partial charge is 0.468 e. The molecule has 2 N–H and O–H groups in total. The Labute approximate surface area is 104 Å². The van der Waals surface area contributed by atoms with E-state index in [2.05, 4.69) is 16.6 Å². The molecule has 0 aromatic rings. The van der Waals surface area contributed by atoms with E-state index in [1.807, 2.05) is 0 Å². The van der Waals surface area contributed by atoms with E-state index in [9.17, 15) is 4.79 Å². The van der Waals surface area contributed by atoms with E-state index in [-0.39, 0.29) is 5.97 Å². The molecule has 1 aliphatic rings. The number of hydrogen-bond donors (Lipinski definition) is 1. The van der Waals surface area contributed by atoms with E-state index in [0.717, 1.165) is 13.1 Å². The van der Waals surface area contributed by atoms with Crippen molar-refractivity contribution in [1.82, 2.24) is 4.90 Å². The fourth-order valence-corrected chi connectivity index (χ4v) is 2.59. The Hall–Kier alpha value is -0.610. The molecule has 100 valence electrons. The molecule has 4 heteroatoms. The predicted octanol–water partition coefficient (Wildman–Crippen LogP) is 1.53. The third-order valence-electron chi connectivity index (χ3n) is 3.60. The average Bonchev–Trinajstić information content (AvgIpc) is 2.36. The van der Waals surface area contributed by atoms with E-state index in [4.69, 9.17) is 5.73 Å². The molecule has 1 aliphatic heterocycles. The van der Waals surface area contributed by atoms with Gasteiger partial charge in [0.1, 0.15) is 6.04 Å². The van der Waals surface area contributed by atoms with Crippen LogP contribution in [0.25, 0.3) is 0 Å². The first-order valence-corrected chi connectivity index (χ1v) is 6.76. The van der Waals surface area contributed by atoms with E-state index in [0.29, 0.717) is 12.5 Å². The normalized spacial score (nSPS) is 23.4. The molecule has 0 aromatic carbocycles. The molecule has 0 spiro atoms. The third kappa shape index (κ3) is 4.64. The van der Waals surface area contributed by atoms with Gasteiger partial charge in [-0.15, -0.1) is 0 Å². The fourth-order valence-electron chi connectivity index (χ4n) is 2.59. The predicted molar refractivity (Wildman–Crippen MR) is 68.7 cm³/mol. The molecule has 2 atom stereocenters. The topological polar surface area (TPSA) is 55.6 Å². The molecule has 0 saturated carbocycles. The summed E-state index contributed by atoms with van der Waals surface area (Å²) in [6.07, 6.45) is 7.09. The second-order valence-corrected chi connectivity index (χ2v) is 4.89. The highest BCUT2D eigenvalue weighted by Crippen LogP contribution is 2.21. The van der Waals surface area contributed by atoms with Crippen LogP contribution in [0, 0.1) is 0 Å². The number of carbonyl (C=O) groups excluding carboxylic acids is 1. The quantitative estimate of drug-likeness (QED) is 0.718. The van der Waals surface area contributed by atoms with Crippen LogP contribution >= 0.6 is 0 Å². The highest BCUT2D eigenvalue weighted by atomic mass is 16.5. The van der Waals surface area contributed by atoms with Crippen molar-refractivity contribution in [2.24, 2.45) is 5.73 Å². The first kappa shape index (κ1) is 14.5. The second-order valence-electron chi connectivity index (χ2n) is 4.89. The van der Waals surface area contributed by atoms with Crippen LogP contribution in [-0.4, -0.2) is 43.2 Å². The Morgan fingerprint density at radius 2 is 2.29 bits per heavy atom. The number of piperidine rings is 1. The zero-order valence-corrected chi connectivity index (χ0v) is 11.2. The summed E-state index contributed by atoms with van der Waals surface area (Å²) in [5, 5.41) is 0. The highest BCUT2D eigenvalue weighted by molar-refractivity contribution is 5.75. The number of hydrogen-bond acceptors (Lipinski definition) is 4. The minimum absolute atomic E-state index is 0.297. The zero-order chi connectivity index (χ0) is 12.7. The van der Waals surface area contributed by atoms with Gasteiger partial charge in [-0.25, -0.2) is 0 Å². The van der Waals surface area contributed by atoms with Crippen LogP contribution in [0.3, 0.4) is 0 Å². The van der Waals surface area contributed by atoms with Gasteiger partial charge < -0.3 is 15.4 Å². The summed E-state index contributed by atoms with van der Waals surface area (Å²) in [6, 6.07) is 0.225. The molecule has 1 heterocycles. The Morgan fingerprint density at radius 1 is 1.53 bits per heavy atom. The summed E-state index contributed by atoms with van der Waals surface area (Å²) in [6.45, 7) is 4.30. The van der Waals surface area contributed by atoms with E-state index in [1.54, 1.807) is 0 Å². The van der Waals surface area contributed by atoms with Gasteiger partial charge in [0.15, 0.2) is 0 Å². The van der Waals surface area contributed by atoms with Crippen molar-refractivity contribution in [3.8, 4) is 0 Å². The van der Waals surface area contributed by atoms with Crippen LogP contribution in [-0.2, 0) is 9.53 Å². The lowest BCUT2D eigenvalue weighted by molar-refractivity contribution is -0.142. The zero-order valence-electron chi connectivity index (χ0n) is 11.2.